The summed E-state index contributed by atoms with van der Waals surface area (Å²) in [6.07, 6.45) is -0.154. The van der Waals surface area contributed by atoms with Crippen molar-refractivity contribution >= 4 is 17.8 Å². The van der Waals surface area contributed by atoms with E-state index in [0.29, 0.717) is 33.4 Å². The van der Waals surface area contributed by atoms with Crippen LogP contribution in [0.2, 0.25) is 0 Å². The molecule has 4 N–H and O–H groups in total. The predicted molar refractivity (Wildman–Crippen MR) is 186 cm³/mol. The van der Waals surface area contributed by atoms with E-state index in [1.807, 2.05) is 12.1 Å². The topological polar surface area (TPSA) is 215 Å². The van der Waals surface area contributed by atoms with Gasteiger partial charge in [-0.15, -0.1) is 0 Å². The molecule has 13 nitrogen and oxygen atoms in total. The number of nitrogens with one attached hydrogen (secondary N) is 3. The van der Waals surface area contributed by atoms with Gasteiger partial charge in [-0.05, 0) is 40.5 Å². The third-order valence-corrected chi connectivity index (χ3v) is 7.64. The maximum Gasteiger partial charge on any atom is 0.307 e. The van der Waals surface area contributed by atoms with E-state index >= 15 is 0 Å². The molecule has 0 saturated heterocycles. The maximum atomic E-state index is 13.3. The fourth-order valence-corrected chi connectivity index (χ4v) is 5.30. The highest BCUT2D eigenvalue weighted by atomic mass is 16.5. The van der Waals surface area contributed by atoms with Gasteiger partial charge in [0.15, 0.2) is 0 Å². The van der Waals surface area contributed by atoms with Crippen LogP contribution in [0, 0.1) is 22.7 Å². The van der Waals surface area contributed by atoms with E-state index in [2.05, 4.69) is 25.3 Å². The Labute approximate surface area is 289 Å². The second kappa shape index (κ2) is 14.6. The molecule has 0 atom stereocenters. The van der Waals surface area contributed by atoms with Gasteiger partial charge in [0.25, 0.3) is 23.0 Å². The monoisotopic (exact) mass is 675 g/mol. The average Bonchev–Trinajstić information content (AvgIpc) is 3.14. The van der Waals surface area contributed by atoms with Crippen molar-refractivity contribution in [2.24, 2.45) is 0 Å². The van der Waals surface area contributed by atoms with Crippen molar-refractivity contribution in [2.45, 2.75) is 13.0 Å². The van der Waals surface area contributed by atoms with Gasteiger partial charge in [0.1, 0.15) is 29.9 Å². The number of nitrogens with zero attached hydrogens (tertiary/aromatic N) is 4. The zero-order valence-corrected chi connectivity index (χ0v) is 26.5. The van der Waals surface area contributed by atoms with Crippen LogP contribution in [0.4, 0.5) is 5.95 Å². The van der Waals surface area contributed by atoms with Crippen LogP contribution in [-0.4, -0.2) is 36.9 Å². The molecule has 51 heavy (non-hydrogen) atoms. The van der Waals surface area contributed by atoms with Gasteiger partial charge in [-0.2, -0.15) is 15.5 Å². The van der Waals surface area contributed by atoms with Crippen molar-refractivity contribution in [1.29, 1.82) is 10.5 Å². The molecule has 0 spiro atoms. The number of H-pyrrole nitrogens is 2. The normalized spacial score (nSPS) is 10.5. The Morgan fingerprint density at radius 2 is 1.31 bits per heavy atom. The summed E-state index contributed by atoms with van der Waals surface area (Å²) in [7, 11) is 0. The van der Waals surface area contributed by atoms with Crippen LogP contribution in [-0.2, 0) is 17.8 Å². The van der Waals surface area contributed by atoms with Crippen molar-refractivity contribution in [3.63, 3.8) is 0 Å². The average molecular weight is 676 g/mol. The third kappa shape index (κ3) is 7.59. The van der Waals surface area contributed by atoms with Crippen LogP contribution in [0.25, 0.3) is 33.6 Å². The molecule has 13 heteroatoms. The zero-order valence-electron chi connectivity index (χ0n) is 26.5. The number of aliphatic carboxylic acids is 1. The highest BCUT2D eigenvalue weighted by Crippen LogP contribution is 2.28. The Bertz CT molecular complexity index is 2510. The number of aromatic nitrogens is 4. The summed E-state index contributed by atoms with van der Waals surface area (Å²) in [4.78, 5) is 63.6. The van der Waals surface area contributed by atoms with Crippen LogP contribution in [0.3, 0.4) is 0 Å². The van der Waals surface area contributed by atoms with Crippen LogP contribution in [0.1, 0.15) is 32.6 Å². The first kappa shape index (κ1) is 33.3. The van der Waals surface area contributed by atoms with Crippen molar-refractivity contribution in [3.05, 3.63) is 152 Å². The lowest BCUT2D eigenvalue weighted by Gasteiger charge is -2.11. The molecule has 0 bridgehead atoms. The Morgan fingerprint density at radius 1 is 0.706 bits per heavy atom. The third-order valence-electron chi connectivity index (χ3n) is 7.64. The number of carboxylic acids is 1. The highest BCUT2D eigenvalue weighted by molar-refractivity contribution is 6.04. The van der Waals surface area contributed by atoms with Crippen LogP contribution in [0.15, 0.2) is 113 Å². The standard InChI is InChI=1S/C38H25N7O6/c39-19-29-32(24-9-2-1-3-10-24)41-37(44-35(29)49)43-34(48)28-14-6-12-26(18-28)25-11-5-13-27(17-25)33-30(20-40)36(50)45-38(42-33)51-21-23-8-4-7-22(15-23)16-31(46)47/h1-15,17-18H,16,21H2,(H,46,47)(H,42,45,50)(H2,41,43,44,48,49). The minimum Gasteiger partial charge on any atom is -0.481 e. The first-order chi connectivity index (χ1) is 24.7. The van der Waals surface area contributed by atoms with Crippen molar-refractivity contribution in [3.8, 4) is 51.8 Å². The summed E-state index contributed by atoms with van der Waals surface area (Å²) in [5.74, 6) is -1.67. The Morgan fingerprint density at radius 3 is 2.04 bits per heavy atom. The number of nitriles is 2. The molecule has 0 unspecified atom stereocenters. The van der Waals surface area contributed by atoms with Gasteiger partial charge in [0.2, 0.25) is 5.95 Å². The Balaban J connectivity index is 1.26. The number of carbonyl (C=O) groups excluding carboxylic acids is 1. The lowest BCUT2D eigenvalue weighted by molar-refractivity contribution is -0.136. The molecule has 6 aromatic rings. The minimum atomic E-state index is -0.969. The molecule has 2 aromatic heterocycles. The number of anilines is 1. The number of carboxylic acid groups (broad SMARTS) is 1. The number of carbonyl (C=O) groups is 2. The second-order valence-electron chi connectivity index (χ2n) is 11.1. The Hall–Kier alpha value is -7.64. The van der Waals surface area contributed by atoms with Gasteiger partial charge in [0, 0.05) is 16.7 Å². The van der Waals surface area contributed by atoms with E-state index < -0.39 is 23.0 Å². The van der Waals surface area contributed by atoms with Crippen LogP contribution in [0.5, 0.6) is 6.01 Å². The molecule has 0 aliphatic heterocycles. The van der Waals surface area contributed by atoms with Gasteiger partial charge >= 0.3 is 5.97 Å². The molecule has 6 rings (SSSR count). The SMILES string of the molecule is N#Cc1c(-c2ccccc2)nc(NC(=O)c2cccc(-c3cccc(-c4nc(OCc5cccc(CC(=O)O)c5)[nH]c(=O)c4C#N)c3)c2)[nH]c1=O. The fraction of sp³-hybridized carbons (Fsp3) is 0.0526. The number of benzene rings is 4. The lowest BCUT2D eigenvalue weighted by Crippen LogP contribution is -2.21. The van der Waals surface area contributed by atoms with E-state index in [0.717, 1.165) is 0 Å². The van der Waals surface area contributed by atoms with Gasteiger partial charge < -0.3 is 9.84 Å². The van der Waals surface area contributed by atoms with Crippen LogP contribution < -0.4 is 21.2 Å². The summed E-state index contributed by atoms with van der Waals surface area (Å²) >= 11 is 0. The van der Waals surface area contributed by atoms with Gasteiger partial charge in [-0.1, -0.05) is 84.9 Å². The first-order valence-corrected chi connectivity index (χ1v) is 15.3. The van der Waals surface area contributed by atoms with Gasteiger partial charge in [0.05, 0.1) is 17.8 Å². The predicted octanol–water partition coefficient (Wildman–Crippen LogP) is 5.06. The summed E-state index contributed by atoms with van der Waals surface area (Å²) < 4.78 is 5.74. The van der Waals surface area contributed by atoms with E-state index in [4.69, 9.17) is 9.84 Å². The molecule has 0 radical (unpaired) electrons. The number of ether oxygens (including phenoxy) is 1. The summed E-state index contributed by atoms with van der Waals surface area (Å²) in [5.41, 5.74) is 2.12. The molecule has 0 fully saturated rings. The molecule has 248 valence electrons. The zero-order chi connectivity index (χ0) is 35.9. The molecule has 4 aromatic carbocycles. The van der Waals surface area contributed by atoms with E-state index in [-0.39, 0.29) is 53.1 Å². The molecular weight excluding hydrogens is 650 g/mol. The molecule has 0 aliphatic rings. The highest BCUT2D eigenvalue weighted by Gasteiger charge is 2.18. The van der Waals surface area contributed by atoms with Crippen molar-refractivity contribution in [2.75, 3.05) is 5.32 Å². The summed E-state index contributed by atoms with van der Waals surface area (Å²) in [6, 6.07) is 32.6. The number of amides is 1. The molecular formula is C38H25N7O6. The quantitative estimate of drug-likeness (QED) is 0.151. The number of aromatic amines is 2. The number of rotatable bonds is 10. The largest absolute Gasteiger partial charge is 0.481 e. The van der Waals surface area contributed by atoms with E-state index in [1.165, 1.54) is 0 Å². The second-order valence-corrected chi connectivity index (χ2v) is 11.1. The Kier molecular flexibility index (Phi) is 9.55. The van der Waals surface area contributed by atoms with E-state index in [9.17, 15) is 29.7 Å². The molecule has 1 amide bonds. The smallest absolute Gasteiger partial charge is 0.307 e. The summed E-state index contributed by atoms with van der Waals surface area (Å²) in [5, 5.41) is 31.0. The van der Waals surface area contributed by atoms with Gasteiger partial charge in [-0.3, -0.25) is 34.5 Å². The molecule has 2 heterocycles. The molecule has 0 aliphatic carbocycles. The maximum absolute atomic E-state index is 13.3. The number of hydrogen-bond acceptors (Lipinski definition) is 9. The first-order valence-electron chi connectivity index (χ1n) is 15.3. The minimum absolute atomic E-state index is 0.0178. The van der Waals surface area contributed by atoms with Gasteiger partial charge in [-0.25, -0.2) is 4.98 Å². The van der Waals surface area contributed by atoms with E-state index in [1.54, 1.807) is 103 Å². The fourth-order valence-electron chi connectivity index (χ4n) is 5.30. The van der Waals surface area contributed by atoms with Crippen molar-refractivity contribution < 1.29 is 19.4 Å². The van der Waals surface area contributed by atoms with Crippen LogP contribution >= 0.6 is 0 Å². The van der Waals surface area contributed by atoms with Crippen molar-refractivity contribution in [1.82, 2.24) is 19.9 Å². The summed E-state index contributed by atoms with van der Waals surface area (Å²) in [6.45, 7) is -0.0178. The lowest BCUT2D eigenvalue weighted by atomic mass is 9.98. The molecule has 0 saturated carbocycles. The number of hydrogen-bond donors (Lipinski definition) is 4.